The fourth-order valence-electron chi connectivity index (χ4n) is 1.81. The van der Waals surface area contributed by atoms with Crippen molar-refractivity contribution in [3.8, 4) is 0 Å². The first-order valence-electron chi connectivity index (χ1n) is 5.93. The van der Waals surface area contributed by atoms with Crippen LogP contribution >= 0.6 is 0 Å². The first-order valence-corrected chi connectivity index (χ1v) is 5.93. The lowest BCUT2D eigenvalue weighted by Crippen LogP contribution is -2.44. The van der Waals surface area contributed by atoms with E-state index in [1.54, 1.807) is 13.8 Å². The van der Waals surface area contributed by atoms with E-state index in [1.807, 2.05) is 6.92 Å². The molecule has 1 saturated heterocycles. The maximum absolute atomic E-state index is 11.7. The van der Waals surface area contributed by atoms with Crippen molar-refractivity contribution in [2.24, 2.45) is 11.3 Å². The van der Waals surface area contributed by atoms with Crippen molar-refractivity contribution in [2.75, 3.05) is 26.4 Å². The molecule has 0 bridgehead atoms. The molecule has 0 saturated carbocycles. The highest BCUT2D eigenvalue weighted by Gasteiger charge is 2.42. The fourth-order valence-corrected chi connectivity index (χ4v) is 1.81. The van der Waals surface area contributed by atoms with Gasteiger partial charge in [0, 0.05) is 5.41 Å². The van der Waals surface area contributed by atoms with Crippen molar-refractivity contribution in [1.29, 1.82) is 0 Å². The molecule has 0 N–H and O–H groups in total. The van der Waals surface area contributed by atoms with Gasteiger partial charge in [0.1, 0.15) is 0 Å². The maximum Gasteiger partial charge on any atom is 0.320 e. The van der Waals surface area contributed by atoms with Crippen LogP contribution in [0.15, 0.2) is 0 Å². The summed E-state index contributed by atoms with van der Waals surface area (Å²) < 4.78 is 14.9. The van der Waals surface area contributed by atoms with Crippen molar-refractivity contribution in [3.63, 3.8) is 0 Å². The van der Waals surface area contributed by atoms with Gasteiger partial charge < -0.3 is 14.2 Å². The van der Waals surface area contributed by atoms with Crippen molar-refractivity contribution >= 4 is 11.9 Å². The molecule has 0 radical (unpaired) electrons. The van der Waals surface area contributed by atoms with Crippen LogP contribution in [-0.4, -0.2) is 38.4 Å². The van der Waals surface area contributed by atoms with E-state index in [2.05, 4.69) is 0 Å². The molecular formula is C12H20O5. The largest absolute Gasteiger partial charge is 0.465 e. The van der Waals surface area contributed by atoms with E-state index in [9.17, 15) is 9.59 Å². The van der Waals surface area contributed by atoms with Crippen LogP contribution in [-0.2, 0) is 23.8 Å². The van der Waals surface area contributed by atoms with E-state index in [4.69, 9.17) is 14.2 Å². The lowest BCUT2D eigenvalue weighted by molar-refractivity contribution is -0.169. The second-order valence-electron chi connectivity index (χ2n) is 4.56. The van der Waals surface area contributed by atoms with Gasteiger partial charge in [0.2, 0.25) is 0 Å². The minimum absolute atomic E-state index is 0.121. The van der Waals surface area contributed by atoms with Crippen molar-refractivity contribution in [2.45, 2.75) is 27.2 Å². The van der Waals surface area contributed by atoms with Crippen molar-refractivity contribution < 1.29 is 23.8 Å². The van der Waals surface area contributed by atoms with Crippen LogP contribution in [0.4, 0.5) is 0 Å². The third-order valence-electron chi connectivity index (χ3n) is 2.74. The Kier molecular flexibility index (Phi) is 4.93. The monoisotopic (exact) mass is 244 g/mol. The van der Waals surface area contributed by atoms with Gasteiger partial charge in [-0.15, -0.1) is 0 Å². The number of carbonyl (C=O) groups excluding carboxylic acids is 2. The highest BCUT2D eigenvalue weighted by atomic mass is 16.6. The van der Waals surface area contributed by atoms with Gasteiger partial charge in [-0.25, -0.2) is 0 Å². The summed E-state index contributed by atoms with van der Waals surface area (Å²) in [5.74, 6) is -1.83. The van der Waals surface area contributed by atoms with Crippen LogP contribution in [0, 0.1) is 11.3 Å². The third-order valence-corrected chi connectivity index (χ3v) is 2.74. The van der Waals surface area contributed by atoms with Gasteiger partial charge in [-0.2, -0.15) is 0 Å². The van der Waals surface area contributed by atoms with Crippen LogP contribution in [0.3, 0.4) is 0 Å². The first-order chi connectivity index (χ1) is 8.02. The summed E-state index contributed by atoms with van der Waals surface area (Å²) in [5.41, 5.74) is -0.121. The predicted octanol–water partition coefficient (Wildman–Crippen LogP) is 1.16. The minimum Gasteiger partial charge on any atom is -0.465 e. The van der Waals surface area contributed by atoms with Crippen LogP contribution in [0.1, 0.15) is 27.2 Å². The van der Waals surface area contributed by atoms with E-state index in [0.29, 0.717) is 19.6 Å². The van der Waals surface area contributed by atoms with E-state index < -0.39 is 17.9 Å². The van der Waals surface area contributed by atoms with Crippen LogP contribution in [0.25, 0.3) is 0 Å². The fraction of sp³-hybridized carbons (Fsp3) is 0.833. The Hall–Kier alpha value is -1.10. The Morgan fingerprint density at radius 3 is 1.94 bits per heavy atom. The molecule has 1 aliphatic rings. The molecule has 1 heterocycles. The molecule has 0 aromatic rings. The number of hydrogen-bond donors (Lipinski definition) is 0. The number of rotatable bonds is 6. The molecule has 0 aliphatic carbocycles. The summed E-state index contributed by atoms with van der Waals surface area (Å²) >= 11 is 0. The second kappa shape index (κ2) is 6.00. The standard InChI is InChI=1S/C12H20O5/c1-4-16-10(13)9(11(14)17-5-2)6-12(3)7-15-8-12/h9H,4-8H2,1-3H3. The third kappa shape index (κ3) is 3.70. The Bertz CT molecular complexity index is 265. The van der Waals surface area contributed by atoms with Gasteiger partial charge in [-0.05, 0) is 20.3 Å². The molecule has 0 unspecified atom stereocenters. The molecule has 1 aliphatic heterocycles. The molecule has 0 amide bonds. The number of esters is 2. The molecule has 0 spiro atoms. The van der Waals surface area contributed by atoms with Gasteiger partial charge in [-0.3, -0.25) is 9.59 Å². The van der Waals surface area contributed by atoms with Crippen LogP contribution in [0.2, 0.25) is 0 Å². The van der Waals surface area contributed by atoms with Gasteiger partial charge in [0.05, 0.1) is 26.4 Å². The number of ether oxygens (including phenoxy) is 3. The van der Waals surface area contributed by atoms with E-state index in [-0.39, 0.29) is 18.6 Å². The smallest absolute Gasteiger partial charge is 0.320 e. The number of hydrogen-bond acceptors (Lipinski definition) is 5. The highest BCUT2D eigenvalue weighted by molar-refractivity contribution is 5.95. The topological polar surface area (TPSA) is 61.8 Å². The van der Waals surface area contributed by atoms with Gasteiger partial charge >= 0.3 is 11.9 Å². The van der Waals surface area contributed by atoms with E-state index >= 15 is 0 Å². The molecule has 98 valence electrons. The summed E-state index contributed by atoms with van der Waals surface area (Å²) in [6.45, 7) is 7.10. The van der Waals surface area contributed by atoms with Crippen molar-refractivity contribution in [3.05, 3.63) is 0 Å². The second-order valence-corrected chi connectivity index (χ2v) is 4.56. The Morgan fingerprint density at radius 1 is 1.18 bits per heavy atom. The first kappa shape index (κ1) is 14.0. The van der Waals surface area contributed by atoms with Gasteiger partial charge in [-0.1, -0.05) is 6.92 Å². The lowest BCUT2D eigenvalue weighted by atomic mass is 9.79. The Morgan fingerprint density at radius 2 is 1.65 bits per heavy atom. The Labute approximate surface area is 101 Å². The van der Waals surface area contributed by atoms with Crippen LogP contribution in [0.5, 0.6) is 0 Å². The quantitative estimate of drug-likeness (QED) is 0.518. The lowest BCUT2D eigenvalue weighted by Gasteiger charge is -2.39. The molecule has 17 heavy (non-hydrogen) atoms. The van der Waals surface area contributed by atoms with E-state index in [1.165, 1.54) is 0 Å². The van der Waals surface area contributed by atoms with Crippen molar-refractivity contribution in [1.82, 2.24) is 0 Å². The normalized spacial score (nSPS) is 17.4. The highest BCUT2D eigenvalue weighted by Crippen LogP contribution is 2.34. The zero-order chi connectivity index (χ0) is 12.9. The number of carbonyl (C=O) groups is 2. The molecule has 5 nitrogen and oxygen atoms in total. The van der Waals surface area contributed by atoms with E-state index in [0.717, 1.165) is 0 Å². The predicted molar refractivity (Wildman–Crippen MR) is 60.3 cm³/mol. The summed E-state index contributed by atoms with van der Waals surface area (Å²) in [6, 6.07) is 0. The summed E-state index contributed by atoms with van der Waals surface area (Å²) in [5, 5.41) is 0. The average Bonchev–Trinajstić information content (AvgIpc) is 2.24. The Balaban J connectivity index is 2.64. The molecule has 0 aromatic carbocycles. The molecular weight excluding hydrogens is 224 g/mol. The maximum atomic E-state index is 11.7. The summed E-state index contributed by atoms with van der Waals surface area (Å²) in [6.07, 6.45) is 0.421. The van der Waals surface area contributed by atoms with Gasteiger partial charge in [0.15, 0.2) is 5.92 Å². The SMILES string of the molecule is CCOC(=O)C(CC1(C)COC1)C(=O)OCC. The molecule has 0 atom stereocenters. The minimum atomic E-state index is -0.830. The summed E-state index contributed by atoms with van der Waals surface area (Å²) in [7, 11) is 0. The average molecular weight is 244 g/mol. The van der Waals surface area contributed by atoms with Crippen LogP contribution < -0.4 is 0 Å². The van der Waals surface area contributed by atoms with Gasteiger partial charge in [0.25, 0.3) is 0 Å². The molecule has 1 rings (SSSR count). The molecule has 5 heteroatoms. The molecule has 0 aromatic heterocycles. The zero-order valence-electron chi connectivity index (χ0n) is 10.7. The zero-order valence-corrected chi connectivity index (χ0v) is 10.7. The summed E-state index contributed by atoms with van der Waals surface area (Å²) in [4.78, 5) is 23.4. The molecule has 1 fully saturated rings.